The first-order valence-corrected chi connectivity index (χ1v) is 4.43. The fraction of sp³-hybridized carbons (Fsp3) is 0. The van der Waals surface area contributed by atoms with Crippen LogP contribution in [-0.4, -0.2) is 20.9 Å². The molecule has 0 spiro atoms. The fourth-order valence-corrected chi connectivity index (χ4v) is 1.22. The summed E-state index contributed by atoms with van der Waals surface area (Å²) in [5.74, 6) is -0.636. The normalized spacial score (nSPS) is 9.69. The lowest BCUT2D eigenvalue weighted by atomic mass is 10.2. The molecule has 2 N–H and O–H groups in total. The van der Waals surface area contributed by atoms with Gasteiger partial charge in [-0.25, -0.2) is 4.68 Å². The molecule has 0 aliphatic heterocycles. The van der Waals surface area contributed by atoms with Crippen LogP contribution < -0.4 is 5.73 Å². The van der Waals surface area contributed by atoms with Crippen LogP contribution in [0.5, 0.6) is 0 Å². The molecule has 0 unspecified atom stereocenters. The molecule has 6 nitrogen and oxygen atoms in total. The van der Waals surface area contributed by atoms with Gasteiger partial charge in [-0.1, -0.05) is 11.3 Å². The number of primary amides is 1. The van der Waals surface area contributed by atoms with Gasteiger partial charge in [-0.05, 0) is 18.2 Å². The standard InChI is InChI=1S/C10H7N5O/c11-5-7-2-1-3-8(4-7)15-6-9(10(12)16)13-14-15/h1-4,6H,(H2,12,16). The second-order valence-corrected chi connectivity index (χ2v) is 3.07. The highest BCUT2D eigenvalue weighted by Gasteiger charge is 2.07. The maximum absolute atomic E-state index is 10.8. The van der Waals surface area contributed by atoms with E-state index in [0.29, 0.717) is 11.3 Å². The Balaban J connectivity index is 2.43. The molecule has 0 atom stereocenters. The van der Waals surface area contributed by atoms with Crippen molar-refractivity contribution in [2.75, 3.05) is 0 Å². The van der Waals surface area contributed by atoms with Gasteiger partial charge < -0.3 is 5.73 Å². The van der Waals surface area contributed by atoms with Gasteiger partial charge >= 0.3 is 0 Å². The molecule has 0 saturated carbocycles. The molecule has 2 rings (SSSR count). The van der Waals surface area contributed by atoms with Crippen molar-refractivity contribution in [1.29, 1.82) is 5.26 Å². The monoisotopic (exact) mass is 213 g/mol. The van der Waals surface area contributed by atoms with Crippen LogP contribution in [0.2, 0.25) is 0 Å². The molecule has 1 heterocycles. The van der Waals surface area contributed by atoms with Crippen LogP contribution in [0, 0.1) is 11.3 Å². The van der Waals surface area contributed by atoms with E-state index in [1.54, 1.807) is 24.3 Å². The molecule has 1 aromatic heterocycles. The van der Waals surface area contributed by atoms with Gasteiger partial charge in [-0.2, -0.15) is 5.26 Å². The van der Waals surface area contributed by atoms with E-state index in [-0.39, 0.29) is 5.69 Å². The SMILES string of the molecule is N#Cc1cccc(-n2cc(C(N)=O)nn2)c1. The van der Waals surface area contributed by atoms with Crippen molar-refractivity contribution in [1.82, 2.24) is 15.0 Å². The molecule has 0 aliphatic rings. The second-order valence-electron chi connectivity index (χ2n) is 3.07. The van der Waals surface area contributed by atoms with Crippen LogP contribution in [0.3, 0.4) is 0 Å². The van der Waals surface area contributed by atoms with Gasteiger partial charge in [0.2, 0.25) is 0 Å². The number of aromatic nitrogens is 3. The van der Waals surface area contributed by atoms with E-state index in [2.05, 4.69) is 10.3 Å². The highest BCUT2D eigenvalue weighted by atomic mass is 16.1. The summed E-state index contributed by atoms with van der Waals surface area (Å²) in [6, 6.07) is 8.80. The second kappa shape index (κ2) is 3.82. The summed E-state index contributed by atoms with van der Waals surface area (Å²) in [6.45, 7) is 0. The largest absolute Gasteiger partial charge is 0.364 e. The molecule has 0 aliphatic carbocycles. The first-order valence-electron chi connectivity index (χ1n) is 4.43. The Kier molecular flexibility index (Phi) is 2.36. The summed E-state index contributed by atoms with van der Waals surface area (Å²) in [5, 5.41) is 16.1. The van der Waals surface area contributed by atoms with Crippen LogP contribution in [-0.2, 0) is 0 Å². The molecular weight excluding hydrogens is 206 g/mol. The van der Waals surface area contributed by atoms with E-state index in [9.17, 15) is 4.79 Å². The van der Waals surface area contributed by atoms with Crippen molar-refractivity contribution in [3.05, 3.63) is 41.7 Å². The van der Waals surface area contributed by atoms with Gasteiger partial charge in [-0.15, -0.1) is 5.10 Å². The molecule has 1 amide bonds. The molecule has 0 saturated heterocycles. The number of carbonyl (C=O) groups is 1. The highest BCUT2D eigenvalue weighted by molar-refractivity contribution is 5.90. The van der Waals surface area contributed by atoms with E-state index < -0.39 is 5.91 Å². The number of hydrogen-bond acceptors (Lipinski definition) is 4. The number of hydrogen-bond donors (Lipinski definition) is 1. The van der Waals surface area contributed by atoms with Crippen molar-refractivity contribution in [2.45, 2.75) is 0 Å². The average molecular weight is 213 g/mol. The Labute approximate surface area is 90.9 Å². The lowest BCUT2D eigenvalue weighted by Crippen LogP contribution is -2.11. The zero-order valence-corrected chi connectivity index (χ0v) is 8.16. The highest BCUT2D eigenvalue weighted by Crippen LogP contribution is 2.08. The molecule has 16 heavy (non-hydrogen) atoms. The van der Waals surface area contributed by atoms with Crippen molar-refractivity contribution in [3.63, 3.8) is 0 Å². The molecule has 0 fully saturated rings. The van der Waals surface area contributed by atoms with E-state index in [1.807, 2.05) is 6.07 Å². The van der Waals surface area contributed by atoms with E-state index >= 15 is 0 Å². The lowest BCUT2D eigenvalue weighted by Gasteiger charge is -1.98. The summed E-state index contributed by atoms with van der Waals surface area (Å²) in [7, 11) is 0. The van der Waals surface area contributed by atoms with Crippen LogP contribution in [0.4, 0.5) is 0 Å². The molecule has 78 valence electrons. The Morgan fingerprint density at radius 3 is 2.94 bits per heavy atom. The topological polar surface area (TPSA) is 97.6 Å². The molecule has 0 bridgehead atoms. The first kappa shape index (κ1) is 9.86. The van der Waals surface area contributed by atoms with Crippen LogP contribution in [0.25, 0.3) is 5.69 Å². The number of benzene rings is 1. The summed E-state index contributed by atoms with van der Waals surface area (Å²) in [4.78, 5) is 10.8. The minimum Gasteiger partial charge on any atom is -0.364 e. The smallest absolute Gasteiger partial charge is 0.270 e. The first-order chi connectivity index (χ1) is 7.70. The molecule has 6 heteroatoms. The molecular formula is C10H7N5O. The quantitative estimate of drug-likeness (QED) is 0.772. The Hall–Kier alpha value is -2.68. The summed E-state index contributed by atoms with van der Waals surface area (Å²) in [5.41, 5.74) is 6.30. The van der Waals surface area contributed by atoms with Gasteiger partial charge in [0.05, 0.1) is 23.5 Å². The summed E-state index contributed by atoms with van der Waals surface area (Å²) in [6.07, 6.45) is 1.42. The van der Waals surface area contributed by atoms with Crippen LogP contribution >= 0.6 is 0 Å². The number of rotatable bonds is 2. The zero-order chi connectivity index (χ0) is 11.5. The zero-order valence-electron chi connectivity index (χ0n) is 8.16. The maximum Gasteiger partial charge on any atom is 0.270 e. The van der Waals surface area contributed by atoms with Gasteiger partial charge in [0.15, 0.2) is 5.69 Å². The Bertz CT molecular complexity index is 581. The van der Waals surface area contributed by atoms with Crippen molar-refractivity contribution < 1.29 is 4.79 Å². The van der Waals surface area contributed by atoms with E-state index in [0.717, 1.165) is 0 Å². The minimum absolute atomic E-state index is 0.0855. The molecule has 1 aromatic carbocycles. The minimum atomic E-state index is -0.636. The average Bonchev–Trinajstić information content (AvgIpc) is 2.78. The third kappa shape index (κ3) is 1.74. The Morgan fingerprint density at radius 1 is 1.50 bits per heavy atom. The van der Waals surface area contributed by atoms with Crippen LogP contribution in [0.15, 0.2) is 30.5 Å². The van der Waals surface area contributed by atoms with Gasteiger partial charge in [0, 0.05) is 0 Å². The van der Waals surface area contributed by atoms with Crippen molar-refractivity contribution >= 4 is 5.91 Å². The third-order valence-electron chi connectivity index (χ3n) is 1.99. The van der Waals surface area contributed by atoms with Crippen molar-refractivity contribution in [3.8, 4) is 11.8 Å². The summed E-state index contributed by atoms with van der Waals surface area (Å²) < 4.78 is 1.39. The number of nitrogens with zero attached hydrogens (tertiary/aromatic N) is 4. The number of nitrogens with two attached hydrogens (primary N) is 1. The predicted octanol–water partition coefficient (Wildman–Crippen LogP) is 0.238. The maximum atomic E-state index is 10.8. The van der Waals surface area contributed by atoms with Crippen molar-refractivity contribution in [2.24, 2.45) is 5.73 Å². The predicted molar refractivity (Wildman–Crippen MR) is 54.6 cm³/mol. The van der Waals surface area contributed by atoms with E-state index in [4.69, 9.17) is 11.0 Å². The Morgan fingerprint density at radius 2 is 2.31 bits per heavy atom. The van der Waals surface area contributed by atoms with Crippen LogP contribution in [0.1, 0.15) is 16.1 Å². The van der Waals surface area contributed by atoms with Gasteiger partial charge in [-0.3, -0.25) is 4.79 Å². The molecule has 2 aromatic rings. The third-order valence-corrected chi connectivity index (χ3v) is 1.99. The van der Waals surface area contributed by atoms with Gasteiger partial charge in [0.25, 0.3) is 5.91 Å². The fourth-order valence-electron chi connectivity index (χ4n) is 1.22. The summed E-state index contributed by atoms with van der Waals surface area (Å²) >= 11 is 0. The number of nitriles is 1. The van der Waals surface area contributed by atoms with E-state index in [1.165, 1.54) is 10.9 Å². The number of carbonyl (C=O) groups excluding carboxylic acids is 1. The molecule has 0 radical (unpaired) electrons. The van der Waals surface area contributed by atoms with Gasteiger partial charge in [0.1, 0.15) is 0 Å². The lowest BCUT2D eigenvalue weighted by molar-refractivity contribution is 0.0995. The number of amides is 1.